The normalized spacial score (nSPS) is 11.6. The molecule has 6 nitrogen and oxygen atoms in total. The standard InChI is InChI=1S/C14H23N3O3S/c1-4-8-17(10-14(18)16(2)3)21(19,20)11-12-6-5-7-13(15)9-12/h5-7,9H,4,8,10-11,15H2,1-3H3. The summed E-state index contributed by atoms with van der Waals surface area (Å²) in [6.07, 6.45) is 0.650. The molecule has 118 valence electrons. The summed E-state index contributed by atoms with van der Waals surface area (Å²) >= 11 is 0. The van der Waals surface area contributed by atoms with Gasteiger partial charge in [-0.3, -0.25) is 4.79 Å². The Morgan fingerprint density at radius 1 is 1.29 bits per heavy atom. The van der Waals surface area contributed by atoms with Gasteiger partial charge in [-0.1, -0.05) is 19.1 Å². The number of nitrogens with two attached hydrogens (primary N) is 1. The summed E-state index contributed by atoms with van der Waals surface area (Å²) in [5.74, 6) is -0.391. The molecule has 0 saturated carbocycles. The lowest BCUT2D eigenvalue weighted by Gasteiger charge is -2.23. The zero-order valence-corrected chi connectivity index (χ0v) is 13.6. The summed E-state index contributed by atoms with van der Waals surface area (Å²) in [7, 11) is -0.336. The summed E-state index contributed by atoms with van der Waals surface area (Å²) in [6, 6.07) is 6.77. The molecule has 21 heavy (non-hydrogen) atoms. The van der Waals surface area contributed by atoms with Crippen LogP contribution in [-0.2, 0) is 20.6 Å². The van der Waals surface area contributed by atoms with Crippen LogP contribution in [0.15, 0.2) is 24.3 Å². The largest absolute Gasteiger partial charge is 0.399 e. The molecule has 1 aromatic rings. The van der Waals surface area contributed by atoms with Crippen LogP contribution < -0.4 is 5.73 Å². The molecule has 0 saturated heterocycles. The van der Waals surface area contributed by atoms with E-state index in [1.807, 2.05) is 6.92 Å². The number of anilines is 1. The highest BCUT2D eigenvalue weighted by Gasteiger charge is 2.24. The van der Waals surface area contributed by atoms with Crippen LogP contribution in [0.1, 0.15) is 18.9 Å². The van der Waals surface area contributed by atoms with Gasteiger partial charge in [0.25, 0.3) is 0 Å². The summed E-state index contributed by atoms with van der Waals surface area (Å²) in [4.78, 5) is 13.2. The van der Waals surface area contributed by atoms with Gasteiger partial charge >= 0.3 is 0 Å². The molecule has 0 fully saturated rings. The highest BCUT2D eigenvalue weighted by atomic mass is 32.2. The van der Waals surface area contributed by atoms with Crippen molar-refractivity contribution in [3.63, 3.8) is 0 Å². The second-order valence-electron chi connectivity index (χ2n) is 5.12. The van der Waals surface area contributed by atoms with E-state index in [1.165, 1.54) is 9.21 Å². The van der Waals surface area contributed by atoms with E-state index in [-0.39, 0.29) is 18.2 Å². The molecule has 0 atom stereocenters. The molecule has 0 aliphatic heterocycles. The minimum Gasteiger partial charge on any atom is -0.399 e. The Morgan fingerprint density at radius 2 is 1.95 bits per heavy atom. The van der Waals surface area contributed by atoms with Crippen LogP contribution in [0, 0.1) is 0 Å². The number of likely N-dealkylation sites (N-methyl/N-ethyl adjacent to an activating group) is 1. The van der Waals surface area contributed by atoms with E-state index in [4.69, 9.17) is 5.73 Å². The minimum absolute atomic E-state index is 0.133. The third kappa shape index (κ3) is 5.35. The van der Waals surface area contributed by atoms with Crippen molar-refractivity contribution in [1.29, 1.82) is 0 Å². The molecule has 0 aliphatic rings. The maximum absolute atomic E-state index is 12.5. The van der Waals surface area contributed by atoms with Gasteiger partial charge in [0, 0.05) is 26.3 Å². The Hall–Kier alpha value is -1.60. The van der Waals surface area contributed by atoms with Gasteiger partial charge in [-0.15, -0.1) is 0 Å². The molecular formula is C14H23N3O3S. The maximum atomic E-state index is 12.5. The van der Waals surface area contributed by atoms with Crippen molar-refractivity contribution in [3.05, 3.63) is 29.8 Å². The first kappa shape index (κ1) is 17.5. The van der Waals surface area contributed by atoms with E-state index in [2.05, 4.69) is 0 Å². The second-order valence-corrected chi connectivity index (χ2v) is 7.09. The van der Waals surface area contributed by atoms with Crippen LogP contribution in [0.2, 0.25) is 0 Å². The number of sulfonamides is 1. The van der Waals surface area contributed by atoms with Crippen molar-refractivity contribution in [2.75, 3.05) is 32.9 Å². The number of nitrogen functional groups attached to an aromatic ring is 1. The molecule has 0 bridgehead atoms. The van der Waals surface area contributed by atoms with Gasteiger partial charge in [-0.2, -0.15) is 4.31 Å². The second kappa shape index (κ2) is 7.42. The average Bonchev–Trinajstić information content (AvgIpc) is 2.37. The van der Waals surface area contributed by atoms with E-state index < -0.39 is 10.0 Å². The van der Waals surface area contributed by atoms with Crippen LogP contribution in [0.5, 0.6) is 0 Å². The van der Waals surface area contributed by atoms with Crippen molar-refractivity contribution in [2.24, 2.45) is 0 Å². The van der Waals surface area contributed by atoms with E-state index in [0.29, 0.717) is 24.2 Å². The van der Waals surface area contributed by atoms with Crippen LogP contribution in [0.3, 0.4) is 0 Å². The zero-order chi connectivity index (χ0) is 16.0. The average molecular weight is 313 g/mol. The number of hydrogen-bond donors (Lipinski definition) is 1. The summed E-state index contributed by atoms with van der Waals surface area (Å²) in [5, 5.41) is 0. The van der Waals surface area contributed by atoms with Crippen LogP contribution in [0.25, 0.3) is 0 Å². The van der Waals surface area contributed by atoms with Crippen molar-refractivity contribution in [1.82, 2.24) is 9.21 Å². The van der Waals surface area contributed by atoms with E-state index in [1.54, 1.807) is 38.4 Å². The predicted octanol–water partition coefficient (Wildman–Crippen LogP) is 0.899. The molecule has 0 aromatic heterocycles. The topological polar surface area (TPSA) is 83.7 Å². The molecule has 0 radical (unpaired) electrons. The number of nitrogens with zero attached hydrogens (tertiary/aromatic N) is 2. The van der Waals surface area contributed by atoms with Crippen molar-refractivity contribution in [3.8, 4) is 0 Å². The van der Waals surface area contributed by atoms with Crippen LogP contribution in [0.4, 0.5) is 5.69 Å². The molecule has 1 aromatic carbocycles. The molecule has 2 N–H and O–H groups in total. The Kier molecular flexibility index (Phi) is 6.17. The SMILES string of the molecule is CCCN(CC(=O)N(C)C)S(=O)(=O)Cc1cccc(N)c1. The third-order valence-corrected chi connectivity index (χ3v) is 4.77. The van der Waals surface area contributed by atoms with Crippen molar-refractivity contribution in [2.45, 2.75) is 19.1 Å². The smallest absolute Gasteiger partial charge is 0.237 e. The predicted molar refractivity (Wildman–Crippen MR) is 84.0 cm³/mol. The fourth-order valence-electron chi connectivity index (χ4n) is 1.84. The molecular weight excluding hydrogens is 290 g/mol. The summed E-state index contributed by atoms with van der Waals surface area (Å²) in [6.45, 7) is 2.07. The van der Waals surface area contributed by atoms with Gasteiger partial charge in [0.15, 0.2) is 0 Å². The number of hydrogen-bond acceptors (Lipinski definition) is 4. The van der Waals surface area contributed by atoms with Gasteiger partial charge in [0.05, 0.1) is 12.3 Å². The lowest BCUT2D eigenvalue weighted by molar-refractivity contribution is -0.128. The summed E-state index contributed by atoms with van der Waals surface area (Å²) < 4.78 is 26.2. The van der Waals surface area contributed by atoms with Gasteiger partial charge in [-0.25, -0.2) is 8.42 Å². The van der Waals surface area contributed by atoms with Crippen molar-refractivity contribution < 1.29 is 13.2 Å². The zero-order valence-electron chi connectivity index (χ0n) is 12.7. The Morgan fingerprint density at radius 3 is 2.48 bits per heavy atom. The third-order valence-electron chi connectivity index (χ3n) is 2.98. The number of rotatable bonds is 7. The van der Waals surface area contributed by atoms with Gasteiger partial charge in [-0.05, 0) is 24.1 Å². The minimum atomic E-state index is -3.55. The molecule has 7 heteroatoms. The van der Waals surface area contributed by atoms with Crippen molar-refractivity contribution >= 4 is 21.6 Å². The Bertz CT molecular complexity index is 585. The molecule has 0 unspecified atom stereocenters. The highest BCUT2D eigenvalue weighted by Crippen LogP contribution is 2.14. The van der Waals surface area contributed by atoms with Gasteiger partial charge in [0.1, 0.15) is 0 Å². The monoisotopic (exact) mass is 313 g/mol. The molecule has 1 amide bonds. The first-order valence-corrected chi connectivity index (χ1v) is 8.39. The lowest BCUT2D eigenvalue weighted by atomic mass is 10.2. The highest BCUT2D eigenvalue weighted by molar-refractivity contribution is 7.88. The number of carbonyl (C=O) groups is 1. The first-order valence-electron chi connectivity index (χ1n) is 6.78. The summed E-state index contributed by atoms with van der Waals surface area (Å²) in [5.41, 5.74) is 6.80. The number of benzene rings is 1. The molecule has 1 rings (SSSR count). The van der Waals surface area contributed by atoms with Gasteiger partial charge < -0.3 is 10.6 Å². The molecule has 0 spiro atoms. The first-order chi connectivity index (χ1) is 9.76. The van der Waals surface area contributed by atoms with Crippen LogP contribution >= 0.6 is 0 Å². The number of amides is 1. The van der Waals surface area contributed by atoms with E-state index >= 15 is 0 Å². The van der Waals surface area contributed by atoms with E-state index in [9.17, 15) is 13.2 Å². The van der Waals surface area contributed by atoms with Crippen LogP contribution in [-0.4, -0.2) is 50.7 Å². The fraction of sp³-hybridized carbons (Fsp3) is 0.500. The fourth-order valence-corrected chi connectivity index (χ4v) is 3.39. The quantitative estimate of drug-likeness (QED) is 0.758. The maximum Gasteiger partial charge on any atom is 0.237 e. The lowest BCUT2D eigenvalue weighted by Crippen LogP contribution is -2.41. The molecule has 0 heterocycles. The Balaban J connectivity index is 2.91. The van der Waals surface area contributed by atoms with E-state index in [0.717, 1.165) is 0 Å². The molecule has 0 aliphatic carbocycles. The number of carbonyl (C=O) groups excluding carboxylic acids is 1. The van der Waals surface area contributed by atoms with Gasteiger partial charge in [0.2, 0.25) is 15.9 Å². The Labute approximate surface area is 126 Å².